The highest BCUT2D eigenvalue weighted by molar-refractivity contribution is 6.06. The van der Waals surface area contributed by atoms with Gasteiger partial charge in [0.05, 0.1) is 17.2 Å². The van der Waals surface area contributed by atoms with Crippen molar-refractivity contribution in [2.75, 3.05) is 0 Å². The molecule has 116 valence electrons. The van der Waals surface area contributed by atoms with Crippen LogP contribution >= 0.6 is 0 Å². The summed E-state index contributed by atoms with van der Waals surface area (Å²) in [6, 6.07) is 7.12. The molecule has 2 aromatic carbocycles. The van der Waals surface area contributed by atoms with E-state index in [1.165, 1.54) is 24.3 Å². The Bertz CT molecular complexity index is 821. The second-order valence-electron chi connectivity index (χ2n) is 4.37. The first kappa shape index (κ1) is 16.4. The first-order valence-electron chi connectivity index (χ1n) is 6.10. The maximum Gasteiger partial charge on any atom is 0.200 e. The van der Waals surface area contributed by atoms with Gasteiger partial charge in [0.2, 0.25) is 5.82 Å². The quantitative estimate of drug-likeness (QED) is 0.280. The number of benzene rings is 2. The third kappa shape index (κ3) is 3.11. The Labute approximate surface area is 127 Å². The summed E-state index contributed by atoms with van der Waals surface area (Å²) in [6.45, 7) is 0. The molecular weight excluding hydrogens is 317 g/mol. The third-order valence-corrected chi connectivity index (χ3v) is 2.94. The van der Waals surface area contributed by atoms with Crippen LogP contribution in [0.3, 0.4) is 0 Å². The van der Waals surface area contributed by atoms with Crippen molar-refractivity contribution in [2.45, 2.75) is 0 Å². The standard InChI is InChI=1S/C16H6F5NO/c17-12-10(13(18)15(20)16(21)14(12)19)5-6-11(23)9-3-1-8(7-22)2-4-9/h1-6H. The number of hydrogen-bond acceptors (Lipinski definition) is 2. The fourth-order valence-electron chi connectivity index (χ4n) is 1.73. The summed E-state index contributed by atoms with van der Waals surface area (Å²) in [5, 5.41) is 8.62. The summed E-state index contributed by atoms with van der Waals surface area (Å²) in [7, 11) is 0. The Hall–Kier alpha value is -3.01. The predicted octanol–water partition coefficient (Wildman–Crippen LogP) is 4.15. The summed E-state index contributed by atoms with van der Waals surface area (Å²) in [5.41, 5.74) is -0.821. The van der Waals surface area contributed by atoms with Gasteiger partial charge >= 0.3 is 0 Å². The summed E-state index contributed by atoms with van der Waals surface area (Å²) in [4.78, 5) is 11.8. The van der Waals surface area contributed by atoms with Crippen molar-refractivity contribution in [1.29, 1.82) is 5.26 Å². The van der Waals surface area contributed by atoms with E-state index in [-0.39, 0.29) is 5.56 Å². The molecule has 0 N–H and O–H groups in total. The summed E-state index contributed by atoms with van der Waals surface area (Å²) in [5.74, 6) is -11.2. The number of carbonyl (C=O) groups excluding carboxylic acids is 1. The molecule has 0 aliphatic heterocycles. The third-order valence-electron chi connectivity index (χ3n) is 2.94. The Kier molecular flexibility index (Phi) is 4.55. The van der Waals surface area contributed by atoms with Crippen LogP contribution in [0.15, 0.2) is 30.3 Å². The van der Waals surface area contributed by atoms with Crippen molar-refractivity contribution in [3.63, 3.8) is 0 Å². The summed E-state index contributed by atoms with van der Waals surface area (Å²) >= 11 is 0. The highest BCUT2D eigenvalue weighted by Crippen LogP contribution is 2.24. The number of allylic oxidation sites excluding steroid dienone is 1. The van der Waals surface area contributed by atoms with Crippen molar-refractivity contribution in [3.8, 4) is 6.07 Å². The first-order chi connectivity index (χ1) is 10.9. The molecule has 0 bridgehead atoms. The molecule has 0 atom stereocenters. The molecule has 0 aromatic heterocycles. The molecule has 0 heterocycles. The van der Waals surface area contributed by atoms with Gasteiger partial charge in [0.15, 0.2) is 29.1 Å². The van der Waals surface area contributed by atoms with Crippen LogP contribution in [0, 0.1) is 40.4 Å². The van der Waals surface area contributed by atoms with Crippen LogP contribution in [0.1, 0.15) is 21.5 Å². The van der Waals surface area contributed by atoms with Crippen molar-refractivity contribution < 1.29 is 26.7 Å². The van der Waals surface area contributed by atoms with Gasteiger partial charge < -0.3 is 0 Å². The molecule has 0 saturated heterocycles. The Morgan fingerprint density at radius 2 is 1.35 bits per heavy atom. The van der Waals surface area contributed by atoms with Crippen LogP contribution in [0.4, 0.5) is 22.0 Å². The van der Waals surface area contributed by atoms with E-state index in [4.69, 9.17) is 5.26 Å². The zero-order chi connectivity index (χ0) is 17.1. The monoisotopic (exact) mass is 323 g/mol. The van der Waals surface area contributed by atoms with E-state index in [9.17, 15) is 26.7 Å². The maximum atomic E-state index is 13.4. The zero-order valence-corrected chi connectivity index (χ0v) is 11.2. The topological polar surface area (TPSA) is 40.9 Å². The number of carbonyl (C=O) groups is 1. The van der Waals surface area contributed by atoms with Gasteiger partial charge in [-0.05, 0) is 36.4 Å². The average molecular weight is 323 g/mol. The smallest absolute Gasteiger partial charge is 0.200 e. The fraction of sp³-hybridized carbons (Fsp3) is 0. The molecule has 0 fully saturated rings. The Morgan fingerprint density at radius 3 is 1.83 bits per heavy atom. The molecule has 0 spiro atoms. The molecule has 2 aromatic rings. The van der Waals surface area contributed by atoms with Gasteiger partial charge in [-0.1, -0.05) is 0 Å². The van der Waals surface area contributed by atoms with Crippen LogP contribution in [-0.4, -0.2) is 5.78 Å². The van der Waals surface area contributed by atoms with Gasteiger partial charge in [0.1, 0.15) is 0 Å². The van der Waals surface area contributed by atoms with Gasteiger partial charge in [-0.3, -0.25) is 4.79 Å². The first-order valence-corrected chi connectivity index (χ1v) is 6.10. The van der Waals surface area contributed by atoms with E-state index in [0.717, 1.165) is 0 Å². The van der Waals surface area contributed by atoms with Gasteiger partial charge in [-0.2, -0.15) is 5.26 Å². The summed E-state index contributed by atoms with van der Waals surface area (Å²) in [6.07, 6.45) is 1.19. The second kappa shape index (κ2) is 6.40. The lowest BCUT2D eigenvalue weighted by atomic mass is 10.1. The fourth-order valence-corrected chi connectivity index (χ4v) is 1.73. The number of hydrogen-bond donors (Lipinski definition) is 0. The van der Waals surface area contributed by atoms with E-state index in [2.05, 4.69) is 0 Å². The van der Waals surface area contributed by atoms with Gasteiger partial charge in [0.25, 0.3) is 0 Å². The molecular formula is C16H6F5NO. The molecule has 2 nitrogen and oxygen atoms in total. The van der Waals surface area contributed by atoms with Crippen LogP contribution in [-0.2, 0) is 0 Å². The van der Waals surface area contributed by atoms with Crippen LogP contribution in [0.2, 0.25) is 0 Å². The number of rotatable bonds is 3. The van der Waals surface area contributed by atoms with Crippen LogP contribution in [0.25, 0.3) is 6.08 Å². The maximum absolute atomic E-state index is 13.4. The lowest BCUT2D eigenvalue weighted by Gasteiger charge is -2.04. The van der Waals surface area contributed by atoms with E-state index in [1.807, 2.05) is 6.07 Å². The lowest BCUT2D eigenvalue weighted by Crippen LogP contribution is -2.04. The molecule has 7 heteroatoms. The van der Waals surface area contributed by atoms with Crippen molar-refractivity contribution in [2.24, 2.45) is 0 Å². The largest absolute Gasteiger partial charge is 0.289 e. The Morgan fingerprint density at radius 1 is 0.870 bits per heavy atom. The molecule has 0 aliphatic rings. The van der Waals surface area contributed by atoms with Crippen molar-refractivity contribution in [1.82, 2.24) is 0 Å². The van der Waals surface area contributed by atoms with E-state index in [1.54, 1.807) is 0 Å². The van der Waals surface area contributed by atoms with E-state index < -0.39 is 40.4 Å². The highest BCUT2D eigenvalue weighted by Gasteiger charge is 2.24. The average Bonchev–Trinajstić information content (AvgIpc) is 2.58. The molecule has 0 unspecified atom stereocenters. The van der Waals surface area contributed by atoms with E-state index >= 15 is 0 Å². The number of nitriles is 1. The number of nitrogens with zero attached hydrogens (tertiary/aromatic N) is 1. The van der Waals surface area contributed by atoms with Crippen LogP contribution in [0.5, 0.6) is 0 Å². The molecule has 0 amide bonds. The SMILES string of the molecule is N#Cc1ccc(C(=O)C=Cc2c(F)c(F)c(F)c(F)c2F)cc1. The molecule has 2 rings (SSSR count). The normalized spacial score (nSPS) is 10.8. The van der Waals surface area contributed by atoms with Gasteiger partial charge in [0, 0.05) is 5.56 Å². The summed E-state index contributed by atoms with van der Waals surface area (Å²) < 4.78 is 65.8. The number of halogens is 5. The van der Waals surface area contributed by atoms with Crippen molar-refractivity contribution in [3.05, 3.63) is 76.1 Å². The zero-order valence-electron chi connectivity index (χ0n) is 11.2. The Balaban J connectivity index is 2.37. The minimum absolute atomic E-state index is 0.0871. The minimum atomic E-state index is -2.27. The predicted molar refractivity (Wildman–Crippen MR) is 70.8 cm³/mol. The highest BCUT2D eigenvalue weighted by atomic mass is 19.2. The number of ketones is 1. The van der Waals surface area contributed by atoms with Crippen molar-refractivity contribution >= 4 is 11.9 Å². The van der Waals surface area contributed by atoms with Crippen LogP contribution < -0.4 is 0 Å². The van der Waals surface area contributed by atoms with Gasteiger partial charge in [-0.25, -0.2) is 22.0 Å². The molecule has 0 saturated carbocycles. The molecule has 0 aliphatic carbocycles. The second-order valence-corrected chi connectivity index (χ2v) is 4.37. The molecule has 23 heavy (non-hydrogen) atoms. The van der Waals surface area contributed by atoms with E-state index in [0.29, 0.717) is 17.7 Å². The molecule has 0 radical (unpaired) electrons. The lowest BCUT2D eigenvalue weighted by molar-refractivity contribution is 0.104. The minimum Gasteiger partial charge on any atom is -0.289 e. The van der Waals surface area contributed by atoms with Gasteiger partial charge in [-0.15, -0.1) is 0 Å².